The van der Waals surface area contributed by atoms with Crippen molar-refractivity contribution in [3.05, 3.63) is 70.7 Å². The van der Waals surface area contributed by atoms with E-state index in [1.165, 1.54) is 24.0 Å². The van der Waals surface area contributed by atoms with Crippen LogP contribution in [0, 0.1) is 0 Å². The van der Waals surface area contributed by atoms with Crippen molar-refractivity contribution < 1.29 is 0 Å². The lowest BCUT2D eigenvalue weighted by Gasteiger charge is -2.18. The Labute approximate surface area is 132 Å². The molecular formula is C19H22ClN. The lowest BCUT2D eigenvalue weighted by molar-refractivity contribution is 0.548. The molecule has 1 nitrogen and oxygen atoms in total. The van der Waals surface area contributed by atoms with E-state index in [2.05, 4.69) is 47.8 Å². The number of rotatable bonds is 7. The average Bonchev–Trinajstić information content (AvgIpc) is 3.34. The normalized spacial score (nSPS) is 15.9. The standard InChI is InChI=1S/C19H22ClN/c20-19-9-5-4-8-16(19)10-11-17(14-21-18-12-13-18)15-6-2-1-3-7-15/h1-9,17-18,21H,10-14H2. The Hall–Kier alpha value is -1.31. The maximum atomic E-state index is 6.28. The van der Waals surface area contributed by atoms with E-state index in [1.54, 1.807) is 0 Å². The molecule has 1 atom stereocenters. The molecule has 3 rings (SSSR count). The molecule has 2 aromatic carbocycles. The molecule has 0 bridgehead atoms. The maximum absolute atomic E-state index is 6.28. The van der Waals surface area contributed by atoms with E-state index in [0.29, 0.717) is 5.92 Å². The number of hydrogen-bond acceptors (Lipinski definition) is 1. The van der Waals surface area contributed by atoms with Gasteiger partial charge in [0.2, 0.25) is 0 Å². The van der Waals surface area contributed by atoms with Crippen molar-refractivity contribution >= 4 is 11.6 Å². The van der Waals surface area contributed by atoms with Gasteiger partial charge in [-0.05, 0) is 48.8 Å². The van der Waals surface area contributed by atoms with Crippen LogP contribution < -0.4 is 5.32 Å². The van der Waals surface area contributed by atoms with Crippen molar-refractivity contribution in [2.45, 2.75) is 37.6 Å². The number of halogens is 1. The van der Waals surface area contributed by atoms with Crippen LogP contribution in [0.25, 0.3) is 0 Å². The van der Waals surface area contributed by atoms with Gasteiger partial charge in [0, 0.05) is 17.6 Å². The van der Waals surface area contributed by atoms with Gasteiger partial charge in [-0.2, -0.15) is 0 Å². The van der Waals surface area contributed by atoms with Gasteiger partial charge in [0.15, 0.2) is 0 Å². The van der Waals surface area contributed by atoms with E-state index in [-0.39, 0.29) is 0 Å². The van der Waals surface area contributed by atoms with Gasteiger partial charge in [0.25, 0.3) is 0 Å². The van der Waals surface area contributed by atoms with Gasteiger partial charge in [-0.15, -0.1) is 0 Å². The van der Waals surface area contributed by atoms with Crippen LogP contribution in [0.1, 0.15) is 36.3 Å². The number of hydrogen-bond donors (Lipinski definition) is 1. The first kappa shape index (κ1) is 14.6. The molecule has 0 aliphatic heterocycles. The highest BCUT2D eigenvalue weighted by Gasteiger charge is 2.22. The summed E-state index contributed by atoms with van der Waals surface area (Å²) >= 11 is 6.28. The zero-order valence-electron chi connectivity index (χ0n) is 12.3. The van der Waals surface area contributed by atoms with Gasteiger partial charge in [0.1, 0.15) is 0 Å². The van der Waals surface area contributed by atoms with Gasteiger partial charge in [-0.25, -0.2) is 0 Å². The second-order valence-corrected chi connectivity index (χ2v) is 6.33. The topological polar surface area (TPSA) is 12.0 Å². The molecule has 2 aromatic rings. The Morgan fingerprint density at radius 1 is 1.00 bits per heavy atom. The molecule has 1 aliphatic rings. The van der Waals surface area contributed by atoms with E-state index >= 15 is 0 Å². The lowest BCUT2D eigenvalue weighted by Crippen LogP contribution is -2.24. The molecule has 110 valence electrons. The van der Waals surface area contributed by atoms with E-state index in [0.717, 1.165) is 30.5 Å². The fourth-order valence-electron chi connectivity index (χ4n) is 2.74. The van der Waals surface area contributed by atoms with Crippen molar-refractivity contribution in [3.8, 4) is 0 Å². The molecule has 0 amide bonds. The fourth-order valence-corrected chi connectivity index (χ4v) is 2.97. The van der Waals surface area contributed by atoms with E-state index in [1.807, 2.05) is 12.1 Å². The second-order valence-electron chi connectivity index (χ2n) is 5.92. The summed E-state index contributed by atoms with van der Waals surface area (Å²) in [5.74, 6) is 0.558. The van der Waals surface area contributed by atoms with Crippen LogP contribution in [0.4, 0.5) is 0 Å². The van der Waals surface area contributed by atoms with Crippen LogP contribution in [0.2, 0.25) is 5.02 Å². The summed E-state index contributed by atoms with van der Waals surface area (Å²) in [6.07, 6.45) is 4.84. The van der Waals surface area contributed by atoms with Gasteiger partial charge in [0.05, 0.1) is 0 Å². The zero-order valence-corrected chi connectivity index (χ0v) is 13.0. The third-order valence-electron chi connectivity index (χ3n) is 4.22. The van der Waals surface area contributed by atoms with E-state index < -0.39 is 0 Å². The zero-order chi connectivity index (χ0) is 14.5. The van der Waals surface area contributed by atoms with Gasteiger partial charge in [-0.1, -0.05) is 60.1 Å². The summed E-state index contributed by atoms with van der Waals surface area (Å²) in [5, 5.41) is 4.56. The summed E-state index contributed by atoms with van der Waals surface area (Å²) < 4.78 is 0. The fraction of sp³-hybridized carbons (Fsp3) is 0.368. The first-order chi connectivity index (χ1) is 10.3. The van der Waals surface area contributed by atoms with Crippen LogP contribution in [0.3, 0.4) is 0 Å². The molecule has 1 N–H and O–H groups in total. The van der Waals surface area contributed by atoms with Crippen LogP contribution in [-0.2, 0) is 6.42 Å². The van der Waals surface area contributed by atoms with Crippen molar-refractivity contribution in [2.75, 3.05) is 6.54 Å². The average molecular weight is 300 g/mol. The molecule has 0 radical (unpaired) electrons. The maximum Gasteiger partial charge on any atom is 0.0437 e. The largest absolute Gasteiger partial charge is 0.313 e. The third-order valence-corrected chi connectivity index (χ3v) is 4.59. The monoisotopic (exact) mass is 299 g/mol. The first-order valence-electron chi connectivity index (χ1n) is 7.84. The predicted molar refractivity (Wildman–Crippen MR) is 90.0 cm³/mol. The number of aryl methyl sites for hydroxylation is 1. The Kier molecular flexibility index (Phi) is 4.95. The third kappa shape index (κ3) is 4.33. The molecule has 1 aliphatic carbocycles. The predicted octanol–water partition coefficient (Wildman–Crippen LogP) is 4.81. The minimum absolute atomic E-state index is 0.558. The highest BCUT2D eigenvalue weighted by atomic mass is 35.5. The van der Waals surface area contributed by atoms with Crippen LogP contribution in [0.5, 0.6) is 0 Å². The van der Waals surface area contributed by atoms with Crippen LogP contribution in [-0.4, -0.2) is 12.6 Å². The SMILES string of the molecule is Clc1ccccc1CCC(CNC1CC1)c1ccccc1. The van der Waals surface area contributed by atoms with Crippen molar-refractivity contribution in [1.82, 2.24) is 5.32 Å². The molecule has 1 unspecified atom stereocenters. The van der Waals surface area contributed by atoms with Crippen LogP contribution >= 0.6 is 11.6 Å². The Morgan fingerprint density at radius 2 is 1.71 bits per heavy atom. The molecule has 0 aromatic heterocycles. The quantitative estimate of drug-likeness (QED) is 0.774. The molecule has 0 spiro atoms. The summed E-state index contributed by atoms with van der Waals surface area (Å²) in [6, 6.07) is 19.8. The Balaban J connectivity index is 1.65. The summed E-state index contributed by atoms with van der Waals surface area (Å²) in [4.78, 5) is 0. The van der Waals surface area contributed by atoms with Crippen molar-refractivity contribution in [3.63, 3.8) is 0 Å². The van der Waals surface area contributed by atoms with Gasteiger partial charge in [-0.3, -0.25) is 0 Å². The minimum atomic E-state index is 0.558. The van der Waals surface area contributed by atoms with E-state index in [9.17, 15) is 0 Å². The molecule has 0 saturated heterocycles. The van der Waals surface area contributed by atoms with Crippen molar-refractivity contribution in [1.29, 1.82) is 0 Å². The molecule has 21 heavy (non-hydrogen) atoms. The lowest BCUT2D eigenvalue weighted by atomic mass is 9.92. The summed E-state index contributed by atoms with van der Waals surface area (Å²) in [6.45, 7) is 1.07. The van der Waals surface area contributed by atoms with Crippen LogP contribution in [0.15, 0.2) is 54.6 Å². The number of benzene rings is 2. The summed E-state index contributed by atoms with van der Waals surface area (Å²) in [7, 11) is 0. The van der Waals surface area contributed by atoms with Gasteiger partial charge < -0.3 is 5.32 Å². The molecule has 1 saturated carbocycles. The molecular weight excluding hydrogens is 278 g/mol. The summed E-state index contributed by atoms with van der Waals surface area (Å²) in [5.41, 5.74) is 2.68. The highest BCUT2D eigenvalue weighted by molar-refractivity contribution is 6.31. The second kappa shape index (κ2) is 7.11. The van der Waals surface area contributed by atoms with Crippen molar-refractivity contribution in [2.24, 2.45) is 0 Å². The van der Waals surface area contributed by atoms with E-state index in [4.69, 9.17) is 11.6 Å². The minimum Gasteiger partial charge on any atom is -0.313 e. The van der Waals surface area contributed by atoms with Gasteiger partial charge >= 0.3 is 0 Å². The number of nitrogens with one attached hydrogen (secondary N) is 1. The molecule has 2 heteroatoms. The molecule has 1 fully saturated rings. The smallest absolute Gasteiger partial charge is 0.0437 e. The first-order valence-corrected chi connectivity index (χ1v) is 8.22. The molecule has 0 heterocycles. The highest BCUT2D eigenvalue weighted by Crippen LogP contribution is 2.26. The Morgan fingerprint density at radius 3 is 2.43 bits per heavy atom. The Bertz CT molecular complexity index is 563.